The molecule has 6 heteroatoms. The van der Waals surface area contributed by atoms with Crippen LogP contribution in [0, 0.1) is 11.3 Å². The molecule has 2 fully saturated rings. The van der Waals surface area contributed by atoms with E-state index in [0.29, 0.717) is 6.54 Å². The van der Waals surface area contributed by atoms with Gasteiger partial charge in [0.15, 0.2) is 0 Å². The minimum Gasteiger partial charge on any atom is -0.275 e. The molecule has 14 heavy (non-hydrogen) atoms. The van der Waals surface area contributed by atoms with Crippen LogP contribution in [0.2, 0.25) is 0 Å². The van der Waals surface area contributed by atoms with Gasteiger partial charge in [0.2, 0.25) is 0 Å². The lowest BCUT2D eigenvalue weighted by Crippen LogP contribution is -2.48. The van der Waals surface area contributed by atoms with Crippen molar-refractivity contribution in [3.05, 3.63) is 0 Å². The van der Waals surface area contributed by atoms with Gasteiger partial charge in [-0.2, -0.15) is 10.3 Å². The normalized spacial score (nSPS) is 33.9. The number of hydrogen-bond donors (Lipinski definition) is 1. The van der Waals surface area contributed by atoms with Crippen LogP contribution in [0.3, 0.4) is 0 Å². The zero-order valence-corrected chi connectivity index (χ0v) is 7.94. The van der Waals surface area contributed by atoms with Gasteiger partial charge in [0, 0.05) is 0 Å². The molecule has 2 aliphatic heterocycles. The van der Waals surface area contributed by atoms with Crippen molar-refractivity contribution in [2.24, 2.45) is 0 Å². The van der Waals surface area contributed by atoms with Gasteiger partial charge in [-0.1, -0.05) is 0 Å². The first-order valence-electron chi connectivity index (χ1n) is 4.30. The standard InChI is InChI=1S/C8H10N4O2/c1-8(2)6(13)10-7(14)12(8)11-4-5(11)3-9/h5H,4H2,1-2H3,(H,10,13,14). The van der Waals surface area contributed by atoms with Gasteiger partial charge in [-0.05, 0) is 13.8 Å². The molecule has 2 saturated heterocycles. The van der Waals surface area contributed by atoms with E-state index in [4.69, 9.17) is 5.26 Å². The van der Waals surface area contributed by atoms with Gasteiger partial charge in [-0.25, -0.2) is 9.80 Å². The number of amides is 3. The lowest BCUT2D eigenvalue weighted by Gasteiger charge is -2.28. The maximum Gasteiger partial charge on any atom is 0.339 e. The van der Waals surface area contributed by atoms with Crippen molar-refractivity contribution in [3.63, 3.8) is 0 Å². The Hall–Kier alpha value is -1.61. The van der Waals surface area contributed by atoms with E-state index in [1.165, 1.54) is 5.01 Å². The lowest BCUT2D eigenvalue weighted by atomic mass is 10.1. The monoisotopic (exact) mass is 194 g/mol. The van der Waals surface area contributed by atoms with Crippen molar-refractivity contribution < 1.29 is 9.59 Å². The summed E-state index contributed by atoms with van der Waals surface area (Å²) in [4.78, 5) is 22.7. The topological polar surface area (TPSA) is 76.2 Å². The fraction of sp³-hybridized carbons (Fsp3) is 0.625. The van der Waals surface area contributed by atoms with Crippen LogP contribution < -0.4 is 5.32 Å². The third kappa shape index (κ3) is 0.992. The van der Waals surface area contributed by atoms with Gasteiger partial charge in [0.05, 0.1) is 12.6 Å². The molecular weight excluding hydrogens is 184 g/mol. The summed E-state index contributed by atoms with van der Waals surface area (Å²) in [6.45, 7) is 3.82. The zero-order valence-electron chi connectivity index (χ0n) is 7.94. The van der Waals surface area contributed by atoms with Gasteiger partial charge < -0.3 is 0 Å². The second-order valence-electron chi connectivity index (χ2n) is 3.90. The molecule has 1 N–H and O–H groups in total. The summed E-state index contributed by atoms with van der Waals surface area (Å²) < 4.78 is 0. The van der Waals surface area contributed by atoms with E-state index in [1.54, 1.807) is 18.9 Å². The van der Waals surface area contributed by atoms with E-state index in [2.05, 4.69) is 5.32 Å². The molecule has 2 aliphatic rings. The SMILES string of the molecule is CC1(C)C(=O)NC(=O)N1N1CC1C#N. The Kier molecular flexibility index (Phi) is 1.57. The molecule has 2 rings (SSSR count). The fourth-order valence-electron chi connectivity index (χ4n) is 1.55. The van der Waals surface area contributed by atoms with E-state index < -0.39 is 11.6 Å². The maximum atomic E-state index is 11.4. The van der Waals surface area contributed by atoms with Crippen LogP contribution in [0.4, 0.5) is 4.79 Å². The summed E-state index contributed by atoms with van der Waals surface area (Å²) >= 11 is 0. The van der Waals surface area contributed by atoms with Crippen LogP contribution in [-0.4, -0.2) is 40.1 Å². The Balaban J connectivity index is 2.24. The van der Waals surface area contributed by atoms with E-state index in [9.17, 15) is 9.59 Å². The summed E-state index contributed by atoms with van der Waals surface area (Å²) in [6.07, 6.45) is 0. The molecular formula is C8H10N4O2. The van der Waals surface area contributed by atoms with Crippen LogP contribution in [0.15, 0.2) is 0 Å². The summed E-state index contributed by atoms with van der Waals surface area (Å²) in [5.41, 5.74) is -0.886. The Morgan fingerprint density at radius 1 is 1.57 bits per heavy atom. The van der Waals surface area contributed by atoms with Crippen molar-refractivity contribution in [2.75, 3.05) is 6.54 Å². The highest BCUT2D eigenvalue weighted by molar-refractivity contribution is 6.06. The highest BCUT2D eigenvalue weighted by Gasteiger charge is 2.55. The number of imide groups is 1. The molecule has 2 atom stereocenters. The molecule has 0 spiro atoms. The molecule has 2 unspecified atom stereocenters. The summed E-state index contributed by atoms with van der Waals surface area (Å²) in [7, 11) is 0. The number of carbonyl (C=O) groups is 2. The van der Waals surface area contributed by atoms with Gasteiger partial charge >= 0.3 is 6.03 Å². The van der Waals surface area contributed by atoms with Gasteiger partial charge in [-0.3, -0.25) is 10.1 Å². The molecule has 6 nitrogen and oxygen atoms in total. The molecule has 0 bridgehead atoms. The average Bonchev–Trinajstić information content (AvgIpc) is 2.79. The van der Waals surface area contributed by atoms with Crippen LogP contribution >= 0.6 is 0 Å². The first-order chi connectivity index (χ1) is 6.48. The summed E-state index contributed by atoms with van der Waals surface area (Å²) in [5.74, 6) is -0.328. The first kappa shape index (κ1) is 8.97. The largest absolute Gasteiger partial charge is 0.339 e. The van der Waals surface area contributed by atoms with Crippen molar-refractivity contribution in [1.29, 1.82) is 5.26 Å². The minimum absolute atomic E-state index is 0.272. The summed E-state index contributed by atoms with van der Waals surface area (Å²) in [5, 5.41) is 13.8. The number of nitrogens with one attached hydrogen (secondary N) is 1. The highest BCUT2D eigenvalue weighted by atomic mass is 16.2. The molecule has 0 aromatic carbocycles. The third-order valence-electron chi connectivity index (χ3n) is 2.49. The predicted octanol–water partition coefficient (Wildman–Crippen LogP) is -0.560. The number of hydrazine groups is 1. The van der Waals surface area contributed by atoms with Crippen LogP contribution in [0.1, 0.15) is 13.8 Å². The van der Waals surface area contributed by atoms with Crippen LogP contribution in [-0.2, 0) is 4.79 Å². The predicted molar refractivity (Wildman–Crippen MR) is 45.6 cm³/mol. The number of urea groups is 1. The lowest BCUT2D eigenvalue weighted by molar-refractivity contribution is -0.127. The van der Waals surface area contributed by atoms with Gasteiger partial charge in [0.1, 0.15) is 11.6 Å². The van der Waals surface area contributed by atoms with Crippen molar-refractivity contribution in [1.82, 2.24) is 15.3 Å². The molecule has 2 heterocycles. The minimum atomic E-state index is -0.886. The third-order valence-corrected chi connectivity index (χ3v) is 2.49. The smallest absolute Gasteiger partial charge is 0.275 e. The van der Waals surface area contributed by atoms with Crippen molar-refractivity contribution in [2.45, 2.75) is 25.4 Å². The van der Waals surface area contributed by atoms with Crippen LogP contribution in [0.25, 0.3) is 0 Å². The molecule has 0 aliphatic carbocycles. The van der Waals surface area contributed by atoms with E-state index in [1.807, 2.05) is 6.07 Å². The number of nitrogens with zero attached hydrogens (tertiary/aromatic N) is 3. The Labute approximate surface area is 81.0 Å². The van der Waals surface area contributed by atoms with E-state index >= 15 is 0 Å². The number of carbonyl (C=O) groups excluding carboxylic acids is 2. The van der Waals surface area contributed by atoms with E-state index in [-0.39, 0.29) is 11.9 Å². The molecule has 0 radical (unpaired) electrons. The average molecular weight is 194 g/mol. The Morgan fingerprint density at radius 3 is 2.57 bits per heavy atom. The Bertz CT molecular complexity index is 357. The Morgan fingerprint density at radius 2 is 2.21 bits per heavy atom. The van der Waals surface area contributed by atoms with Gasteiger partial charge in [0.25, 0.3) is 5.91 Å². The second kappa shape index (κ2) is 2.45. The highest BCUT2D eigenvalue weighted by Crippen LogP contribution is 2.30. The molecule has 74 valence electrons. The quantitative estimate of drug-likeness (QED) is 0.448. The fourth-order valence-corrected chi connectivity index (χ4v) is 1.55. The molecule has 3 amide bonds. The van der Waals surface area contributed by atoms with E-state index in [0.717, 1.165) is 0 Å². The summed E-state index contributed by atoms with van der Waals surface area (Å²) in [6, 6.07) is 1.31. The number of hydrogen-bond acceptors (Lipinski definition) is 4. The van der Waals surface area contributed by atoms with Crippen LogP contribution in [0.5, 0.6) is 0 Å². The maximum absolute atomic E-state index is 11.4. The van der Waals surface area contributed by atoms with Gasteiger partial charge in [-0.15, -0.1) is 0 Å². The molecule has 0 aromatic heterocycles. The first-order valence-corrected chi connectivity index (χ1v) is 4.30. The number of rotatable bonds is 1. The number of nitriles is 1. The van der Waals surface area contributed by atoms with Crippen molar-refractivity contribution >= 4 is 11.9 Å². The van der Waals surface area contributed by atoms with Crippen molar-refractivity contribution in [3.8, 4) is 6.07 Å². The second-order valence-corrected chi connectivity index (χ2v) is 3.90. The zero-order chi connectivity index (χ0) is 10.5. The molecule has 0 saturated carbocycles. The molecule has 0 aromatic rings.